The lowest BCUT2D eigenvalue weighted by Crippen LogP contribution is -1.98. The number of anilines is 2. The maximum absolute atomic E-state index is 5.74. The Morgan fingerprint density at radius 3 is 2.40 bits per heavy atom. The molecular weight excluding hydrogens is 212 g/mol. The van der Waals surface area contributed by atoms with E-state index >= 15 is 0 Å². The number of nitrogens with zero attached hydrogens (tertiary/aromatic N) is 2. The molecule has 5 heteroatoms. The highest BCUT2D eigenvalue weighted by Crippen LogP contribution is 2.28. The molecule has 2 heterocycles. The van der Waals surface area contributed by atoms with E-state index in [1.165, 1.54) is 0 Å². The van der Waals surface area contributed by atoms with E-state index in [0.29, 0.717) is 16.8 Å². The van der Waals surface area contributed by atoms with Gasteiger partial charge in [0.2, 0.25) is 0 Å². The topological polar surface area (TPSA) is 77.8 Å². The Labute approximate surface area is 91.9 Å². The number of nitrogens with two attached hydrogens (primary N) is 2. The van der Waals surface area contributed by atoms with Gasteiger partial charge in [0, 0.05) is 17.3 Å². The molecule has 0 spiro atoms. The van der Waals surface area contributed by atoms with E-state index in [0.717, 1.165) is 11.1 Å². The summed E-state index contributed by atoms with van der Waals surface area (Å²) in [5.41, 5.74) is 13.0. The average molecular weight is 221 g/mol. The van der Waals surface area contributed by atoms with Gasteiger partial charge in [0.1, 0.15) is 16.8 Å². The van der Waals surface area contributed by atoms with Gasteiger partial charge >= 0.3 is 0 Å². The molecule has 0 aliphatic heterocycles. The van der Waals surface area contributed by atoms with Crippen molar-refractivity contribution in [3.8, 4) is 11.1 Å². The minimum absolute atomic E-state index is 0.349. The van der Waals surface area contributed by atoms with E-state index in [1.54, 1.807) is 24.4 Å². The number of hydrogen-bond acceptors (Lipinski definition) is 4. The summed E-state index contributed by atoms with van der Waals surface area (Å²) in [6, 6.07) is 7.07. The van der Waals surface area contributed by atoms with Crippen LogP contribution in [0.1, 0.15) is 0 Å². The molecule has 0 amide bonds. The van der Waals surface area contributed by atoms with Crippen molar-refractivity contribution < 1.29 is 0 Å². The SMILES string of the molecule is Nc1ncccc1-c1ccc(Cl)nc1N. The summed E-state index contributed by atoms with van der Waals surface area (Å²) in [5.74, 6) is 0.774. The van der Waals surface area contributed by atoms with E-state index < -0.39 is 0 Å². The van der Waals surface area contributed by atoms with Crippen molar-refractivity contribution in [2.24, 2.45) is 0 Å². The second-order valence-corrected chi connectivity index (χ2v) is 3.39. The van der Waals surface area contributed by atoms with Crippen LogP contribution in [0, 0.1) is 0 Å². The van der Waals surface area contributed by atoms with Crippen molar-refractivity contribution in [2.75, 3.05) is 11.5 Å². The molecule has 0 saturated carbocycles. The molecule has 4 nitrogen and oxygen atoms in total. The Bertz CT molecular complexity index is 499. The number of rotatable bonds is 1. The maximum Gasteiger partial charge on any atom is 0.133 e. The molecule has 0 saturated heterocycles. The third-order valence-corrected chi connectivity index (χ3v) is 2.23. The molecular formula is C10H9ClN4. The second-order valence-electron chi connectivity index (χ2n) is 3.00. The van der Waals surface area contributed by atoms with Crippen molar-refractivity contribution in [3.63, 3.8) is 0 Å². The first kappa shape index (κ1) is 9.73. The molecule has 0 atom stereocenters. The Morgan fingerprint density at radius 2 is 1.73 bits per heavy atom. The summed E-state index contributed by atoms with van der Waals surface area (Å²) >= 11 is 5.71. The van der Waals surface area contributed by atoms with Gasteiger partial charge in [-0.1, -0.05) is 11.6 Å². The molecule has 2 aromatic rings. The second kappa shape index (κ2) is 3.74. The van der Waals surface area contributed by atoms with Gasteiger partial charge < -0.3 is 11.5 Å². The van der Waals surface area contributed by atoms with E-state index in [-0.39, 0.29) is 0 Å². The number of aromatic nitrogens is 2. The fourth-order valence-corrected chi connectivity index (χ4v) is 1.48. The largest absolute Gasteiger partial charge is 0.383 e. The van der Waals surface area contributed by atoms with Crippen LogP contribution < -0.4 is 11.5 Å². The third-order valence-electron chi connectivity index (χ3n) is 2.02. The summed E-state index contributed by atoms with van der Waals surface area (Å²) in [7, 11) is 0. The molecule has 0 fully saturated rings. The quantitative estimate of drug-likeness (QED) is 0.721. The van der Waals surface area contributed by atoms with Crippen LogP contribution in [0.5, 0.6) is 0 Å². The van der Waals surface area contributed by atoms with E-state index in [9.17, 15) is 0 Å². The zero-order valence-electron chi connectivity index (χ0n) is 7.81. The molecule has 0 aromatic carbocycles. The monoisotopic (exact) mass is 220 g/mol. The van der Waals surface area contributed by atoms with Crippen LogP contribution in [0.15, 0.2) is 30.5 Å². The van der Waals surface area contributed by atoms with Crippen LogP contribution in [-0.2, 0) is 0 Å². The molecule has 0 radical (unpaired) electrons. The van der Waals surface area contributed by atoms with E-state index in [4.69, 9.17) is 23.1 Å². The fourth-order valence-electron chi connectivity index (χ4n) is 1.32. The van der Waals surface area contributed by atoms with Crippen LogP contribution in [0.25, 0.3) is 11.1 Å². The van der Waals surface area contributed by atoms with Crippen LogP contribution in [0.3, 0.4) is 0 Å². The van der Waals surface area contributed by atoms with Gasteiger partial charge in [-0.2, -0.15) is 0 Å². The van der Waals surface area contributed by atoms with Crippen molar-refractivity contribution in [2.45, 2.75) is 0 Å². The van der Waals surface area contributed by atoms with Gasteiger partial charge in [-0.25, -0.2) is 9.97 Å². The van der Waals surface area contributed by atoms with Gasteiger partial charge in [-0.3, -0.25) is 0 Å². The zero-order valence-corrected chi connectivity index (χ0v) is 8.57. The first-order chi connectivity index (χ1) is 7.18. The summed E-state index contributed by atoms with van der Waals surface area (Å²) < 4.78 is 0. The first-order valence-corrected chi connectivity index (χ1v) is 4.69. The normalized spacial score (nSPS) is 10.2. The van der Waals surface area contributed by atoms with Crippen LogP contribution in [0.4, 0.5) is 11.6 Å². The minimum Gasteiger partial charge on any atom is -0.383 e. The highest BCUT2D eigenvalue weighted by Gasteiger charge is 2.07. The zero-order chi connectivity index (χ0) is 10.8. The molecule has 0 unspecified atom stereocenters. The number of hydrogen-bond donors (Lipinski definition) is 2. The summed E-state index contributed by atoms with van der Waals surface area (Å²) in [6.07, 6.45) is 1.62. The molecule has 2 aromatic heterocycles. The highest BCUT2D eigenvalue weighted by atomic mass is 35.5. The Balaban J connectivity index is 2.60. The number of nitrogen functional groups attached to an aromatic ring is 2. The van der Waals surface area contributed by atoms with Crippen LogP contribution in [0.2, 0.25) is 5.15 Å². The van der Waals surface area contributed by atoms with E-state index in [2.05, 4.69) is 9.97 Å². The summed E-state index contributed by atoms with van der Waals surface area (Å²) in [6.45, 7) is 0. The lowest BCUT2D eigenvalue weighted by atomic mass is 10.1. The summed E-state index contributed by atoms with van der Waals surface area (Å²) in [4.78, 5) is 7.93. The van der Waals surface area contributed by atoms with Crippen LogP contribution >= 0.6 is 11.6 Å². The molecule has 2 rings (SSSR count). The number of pyridine rings is 2. The van der Waals surface area contributed by atoms with Crippen molar-refractivity contribution >= 4 is 23.2 Å². The smallest absolute Gasteiger partial charge is 0.133 e. The molecule has 4 N–H and O–H groups in total. The van der Waals surface area contributed by atoms with Gasteiger partial charge in [-0.15, -0.1) is 0 Å². The fraction of sp³-hybridized carbons (Fsp3) is 0. The Kier molecular flexibility index (Phi) is 2.43. The molecule has 76 valence electrons. The van der Waals surface area contributed by atoms with E-state index in [1.807, 2.05) is 6.07 Å². The Morgan fingerprint density at radius 1 is 1.00 bits per heavy atom. The maximum atomic E-state index is 5.74. The molecule has 0 bridgehead atoms. The van der Waals surface area contributed by atoms with Crippen LogP contribution in [-0.4, -0.2) is 9.97 Å². The van der Waals surface area contributed by atoms with Gasteiger partial charge in [0.25, 0.3) is 0 Å². The Hall–Kier alpha value is -1.81. The van der Waals surface area contributed by atoms with Crippen molar-refractivity contribution in [3.05, 3.63) is 35.6 Å². The standard InChI is InChI=1S/C10H9ClN4/c11-8-4-3-7(10(13)15-8)6-2-1-5-14-9(6)12/h1-5H,(H2,12,14)(H2,13,15). The number of halogens is 1. The minimum atomic E-state index is 0.349. The highest BCUT2D eigenvalue weighted by molar-refractivity contribution is 6.29. The van der Waals surface area contributed by atoms with Crippen molar-refractivity contribution in [1.29, 1.82) is 0 Å². The summed E-state index contributed by atoms with van der Waals surface area (Å²) in [5, 5.41) is 0.360. The first-order valence-electron chi connectivity index (χ1n) is 4.31. The lowest BCUT2D eigenvalue weighted by molar-refractivity contribution is 1.31. The van der Waals surface area contributed by atoms with Gasteiger partial charge in [-0.05, 0) is 24.3 Å². The van der Waals surface area contributed by atoms with Gasteiger partial charge in [0.15, 0.2) is 0 Å². The molecule has 15 heavy (non-hydrogen) atoms. The predicted octanol–water partition coefficient (Wildman–Crippen LogP) is 1.96. The van der Waals surface area contributed by atoms with Crippen molar-refractivity contribution in [1.82, 2.24) is 9.97 Å². The molecule has 0 aliphatic rings. The lowest BCUT2D eigenvalue weighted by Gasteiger charge is -2.06. The molecule has 0 aliphatic carbocycles. The predicted molar refractivity (Wildman–Crippen MR) is 61.3 cm³/mol. The third kappa shape index (κ3) is 1.85. The van der Waals surface area contributed by atoms with Gasteiger partial charge in [0.05, 0.1) is 0 Å². The average Bonchev–Trinajstić information content (AvgIpc) is 2.20.